The highest BCUT2D eigenvalue weighted by Crippen LogP contribution is 2.44. The molecular formula is C63H39N3S. The van der Waals surface area contributed by atoms with Gasteiger partial charge in [-0.3, -0.25) is 0 Å². The summed E-state index contributed by atoms with van der Waals surface area (Å²) in [5.74, 6) is 0.694. The second-order valence-corrected chi connectivity index (χ2v) is 18.1. The van der Waals surface area contributed by atoms with Crippen LogP contribution in [0.5, 0.6) is 0 Å². The van der Waals surface area contributed by atoms with Crippen molar-refractivity contribution < 1.29 is 0 Å². The molecule has 67 heavy (non-hydrogen) atoms. The lowest BCUT2D eigenvalue weighted by molar-refractivity contribution is 1.18. The molecule has 0 fully saturated rings. The Labute approximate surface area is 392 Å². The molecule has 0 amide bonds. The number of hydrogen-bond donors (Lipinski definition) is 0. The van der Waals surface area contributed by atoms with Gasteiger partial charge in [-0.1, -0.05) is 224 Å². The molecule has 0 aliphatic rings. The topological polar surface area (TPSA) is 38.7 Å². The molecule has 0 aliphatic carbocycles. The van der Waals surface area contributed by atoms with E-state index in [0.29, 0.717) is 5.82 Å². The Balaban J connectivity index is 0.981. The third-order valence-electron chi connectivity index (χ3n) is 13.1. The highest BCUT2D eigenvalue weighted by molar-refractivity contribution is 7.25. The van der Waals surface area contributed by atoms with E-state index < -0.39 is 0 Å². The minimum absolute atomic E-state index is 0.694. The molecule has 0 aliphatic heterocycles. The van der Waals surface area contributed by atoms with E-state index in [9.17, 15) is 0 Å². The number of thiophene rings is 1. The van der Waals surface area contributed by atoms with E-state index in [4.69, 9.17) is 15.0 Å². The molecule has 4 heteroatoms. The molecule has 0 saturated heterocycles. The summed E-state index contributed by atoms with van der Waals surface area (Å²) in [4.78, 5) is 16.3. The summed E-state index contributed by atoms with van der Waals surface area (Å²) in [5, 5.41) is 8.53. The molecule has 3 heterocycles. The van der Waals surface area contributed by atoms with Crippen molar-refractivity contribution in [3.8, 4) is 78.5 Å². The van der Waals surface area contributed by atoms with Crippen LogP contribution in [0, 0.1) is 0 Å². The van der Waals surface area contributed by atoms with Gasteiger partial charge >= 0.3 is 0 Å². The Hall–Kier alpha value is -8.57. The fourth-order valence-corrected chi connectivity index (χ4v) is 11.1. The van der Waals surface area contributed by atoms with Gasteiger partial charge in [0.2, 0.25) is 0 Å². The average Bonchev–Trinajstić information content (AvgIpc) is 3.80. The first-order valence-electron chi connectivity index (χ1n) is 22.7. The molecule has 312 valence electrons. The maximum Gasteiger partial charge on any atom is 0.160 e. The Morgan fingerprint density at radius 2 is 0.776 bits per heavy atom. The van der Waals surface area contributed by atoms with Crippen LogP contribution in [0.25, 0.3) is 131 Å². The smallest absolute Gasteiger partial charge is 0.160 e. The van der Waals surface area contributed by atoms with Crippen LogP contribution in [0.4, 0.5) is 0 Å². The SMILES string of the molecule is c1ccc(-c2nc(-c3ccccc3)c(-c3ccc(-c4cccc5c4nc(-c4ccc(-c6cccc7sc8ccccc8c67)cc4)c4ccc6ccccc6c45)cc3)c(-c3ccccc3)n2)cc1. The van der Waals surface area contributed by atoms with E-state index >= 15 is 0 Å². The highest BCUT2D eigenvalue weighted by atomic mass is 32.1. The highest BCUT2D eigenvalue weighted by Gasteiger charge is 2.22. The number of aromatic nitrogens is 3. The van der Waals surface area contributed by atoms with Crippen molar-refractivity contribution in [3.05, 3.63) is 237 Å². The minimum atomic E-state index is 0.694. The standard InChI is InChI=1S/C63H39N3S/c1-4-17-44(18-5-1)60-56(61(45-19-6-2-7-20-45)66-63(65-60)47-21-8-3-9-22-47)43-34-30-42(31-35-43)50-26-14-27-52-57-48-23-11-10-16-40(48)38-39-53(57)59(64-62(50)52)46-36-32-41(33-37-46)49-25-15-29-55-58(49)51-24-12-13-28-54(51)67-55/h1-39H. The first kappa shape index (κ1) is 38.9. The maximum atomic E-state index is 5.65. The summed E-state index contributed by atoms with van der Waals surface area (Å²) in [6.45, 7) is 0. The number of para-hydroxylation sites is 1. The van der Waals surface area contributed by atoms with Crippen molar-refractivity contribution >= 4 is 64.0 Å². The first-order chi connectivity index (χ1) is 33.2. The molecule has 3 aromatic heterocycles. The number of rotatable bonds is 7. The van der Waals surface area contributed by atoms with Gasteiger partial charge in [-0.2, -0.15) is 0 Å². The molecule has 0 unspecified atom stereocenters. The summed E-state index contributed by atoms with van der Waals surface area (Å²) >= 11 is 1.86. The zero-order chi connectivity index (χ0) is 44.3. The van der Waals surface area contributed by atoms with E-state index in [1.165, 1.54) is 47.5 Å². The molecule has 0 atom stereocenters. The average molecular weight is 870 g/mol. The van der Waals surface area contributed by atoms with Crippen molar-refractivity contribution in [3.63, 3.8) is 0 Å². The van der Waals surface area contributed by atoms with Crippen LogP contribution in [0.3, 0.4) is 0 Å². The van der Waals surface area contributed by atoms with Gasteiger partial charge in [0.25, 0.3) is 0 Å². The molecule has 0 N–H and O–H groups in total. The number of hydrogen-bond acceptors (Lipinski definition) is 4. The molecule has 10 aromatic carbocycles. The van der Waals surface area contributed by atoms with Crippen molar-refractivity contribution in [2.75, 3.05) is 0 Å². The number of fused-ring (bicyclic) bond motifs is 8. The Morgan fingerprint density at radius 3 is 1.48 bits per heavy atom. The number of nitrogens with zero attached hydrogens (tertiary/aromatic N) is 3. The van der Waals surface area contributed by atoms with Crippen LogP contribution < -0.4 is 0 Å². The second kappa shape index (κ2) is 16.1. The van der Waals surface area contributed by atoms with Crippen molar-refractivity contribution in [2.45, 2.75) is 0 Å². The fourth-order valence-electron chi connectivity index (χ4n) is 9.95. The van der Waals surface area contributed by atoms with Crippen LogP contribution in [0.15, 0.2) is 237 Å². The van der Waals surface area contributed by atoms with Gasteiger partial charge in [-0.25, -0.2) is 15.0 Å². The van der Waals surface area contributed by atoms with Gasteiger partial charge in [0.15, 0.2) is 5.82 Å². The second-order valence-electron chi connectivity index (χ2n) is 17.0. The van der Waals surface area contributed by atoms with Crippen LogP contribution in [-0.2, 0) is 0 Å². The van der Waals surface area contributed by atoms with Gasteiger partial charge in [-0.05, 0) is 45.2 Å². The maximum absolute atomic E-state index is 5.65. The predicted octanol–water partition coefficient (Wildman–Crippen LogP) is 17.4. The molecule has 0 saturated carbocycles. The lowest BCUT2D eigenvalue weighted by atomic mass is 9.91. The van der Waals surface area contributed by atoms with Crippen LogP contribution in [0.1, 0.15) is 0 Å². The molecule has 3 nitrogen and oxygen atoms in total. The van der Waals surface area contributed by atoms with Crippen molar-refractivity contribution in [1.29, 1.82) is 0 Å². The Kier molecular flexibility index (Phi) is 9.36. The normalized spacial score (nSPS) is 11.6. The predicted molar refractivity (Wildman–Crippen MR) is 283 cm³/mol. The van der Waals surface area contributed by atoms with E-state index in [1.807, 2.05) is 41.7 Å². The number of benzene rings is 10. The van der Waals surface area contributed by atoms with Crippen LogP contribution in [0.2, 0.25) is 0 Å². The van der Waals surface area contributed by atoms with Gasteiger partial charge in [0, 0.05) is 69.7 Å². The third-order valence-corrected chi connectivity index (χ3v) is 14.2. The van der Waals surface area contributed by atoms with E-state index in [2.05, 4.69) is 206 Å². The molecule has 0 bridgehead atoms. The summed E-state index contributed by atoms with van der Waals surface area (Å²) in [6.07, 6.45) is 0. The lowest BCUT2D eigenvalue weighted by Crippen LogP contribution is -2.00. The molecular weight excluding hydrogens is 831 g/mol. The molecule has 13 aromatic rings. The quantitative estimate of drug-likeness (QED) is 0.150. The monoisotopic (exact) mass is 869 g/mol. The zero-order valence-corrected chi connectivity index (χ0v) is 37.1. The molecule has 0 spiro atoms. The van der Waals surface area contributed by atoms with E-state index in [-0.39, 0.29) is 0 Å². The van der Waals surface area contributed by atoms with Gasteiger partial charge < -0.3 is 0 Å². The van der Waals surface area contributed by atoms with Crippen molar-refractivity contribution in [1.82, 2.24) is 15.0 Å². The van der Waals surface area contributed by atoms with Gasteiger partial charge in [-0.15, -0.1) is 11.3 Å². The summed E-state index contributed by atoms with van der Waals surface area (Å²) in [7, 11) is 0. The third kappa shape index (κ3) is 6.69. The minimum Gasteiger partial charge on any atom is -0.246 e. The first-order valence-corrected chi connectivity index (χ1v) is 23.5. The lowest BCUT2D eigenvalue weighted by Gasteiger charge is -2.18. The molecule has 0 radical (unpaired) electrons. The summed E-state index contributed by atoms with van der Waals surface area (Å²) < 4.78 is 2.62. The number of pyridine rings is 1. The van der Waals surface area contributed by atoms with E-state index in [0.717, 1.165) is 77.9 Å². The van der Waals surface area contributed by atoms with Crippen LogP contribution in [-0.4, -0.2) is 15.0 Å². The summed E-state index contributed by atoms with van der Waals surface area (Å²) in [6, 6.07) is 84.4. The van der Waals surface area contributed by atoms with Gasteiger partial charge in [0.1, 0.15) is 0 Å². The Morgan fingerprint density at radius 1 is 0.269 bits per heavy atom. The Bertz CT molecular complexity index is 3930. The van der Waals surface area contributed by atoms with E-state index in [1.54, 1.807) is 0 Å². The summed E-state index contributed by atoms with van der Waals surface area (Å²) in [5.41, 5.74) is 14.5. The molecule has 13 rings (SSSR count). The zero-order valence-electron chi connectivity index (χ0n) is 36.3. The largest absolute Gasteiger partial charge is 0.246 e. The fraction of sp³-hybridized carbons (Fsp3) is 0. The van der Waals surface area contributed by atoms with Crippen LogP contribution >= 0.6 is 11.3 Å². The van der Waals surface area contributed by atoms with Gasteiger partial charge in [0.05, 0.1) is 22.6 Å². The van der Waals surface area contributed by atoms with Crippen molar-refractivity contribution in [2.24, 2.45) is 0 Å².